The van der Waals surface area contributed by atoms with Crippen LogP contribution in [-0.4, -0.2) is 65.8 Å². The van der Waals surface area contributed by atoms with Crippen molar-refractivity contribution in [3.05, 3.63) is 35.6 Å². The average Bonchev–Trinajstić information content (AvgIpc) is 2.94. The molecule has 6 heteroatoms. The molecule has 2 amide bonds. The lowest BCUT2D eigenvalue weighted by Gasteiger charge is -2.34. The molecule has 0 atom stereocenters. The summed E-state index contributed by atoms with van der Waals surface area (Å²) in [6.07, 6.45) is 2.50. The summed E-state index contributed by atoms with van der Waals surface area (Å²) in [7, 11) is 0. The SMILES string of the molecule is CC(C)C(=O)N1CCC(C(=O)N2CCCN(Cc3ccc(F)cc3)CC2)CC1. The van der Waals surface area contributed by atoms with Crippen molar-refractivity contribution in [2.24, 2.45) is 11.8 Å². The molecule has 1 aromatic carbocycles. The fraction of sp³-hybridized carbons (Fsp3) is 0.636. The number of hydrogen-bond acceptors (Lipinski definition) is 3. The number of halogens is 1. The summed E-state index contributed by atoms with van der Waals surface area (Å²) < 4.78 is 13.1. The molecule has 0 spiro atoms. The first-order chi connectivity index (χ1) is 13.4. The highest BCUT2D eigenvalue weighted by Gasteiger charge is 2.31. The zero-order valence-corrected chi connectivity index (χ0v) is 17.1. The Kier molecular flexibility index (Phi) is 7.05. The Balaban J connectivity index is 1.48. The maximum Gasteiger partial charge on any atom is 0.225 e. The summed E-state index contributed by atoms with van der Waals surface area (Å²) >= 11 is 0. The van der Waals surface area contributed by atoms with E-state index in [1.165, 1.54) is 12.1 Å². The van der Waals surface area contributed by atoms with E-state index in [1.54, 1.807) is 0 Å². The van der Waals surface area contributed by atoms with Crippen LogP contribution in [0.1, 0.15) is 38.7 Å². The van der Waals surface area contributed by atoms with Crippen LogP contribution in [0.4, 0.5) is 4.39 Å². The third kappa shape index (κ3) is 5.31. The first-order valence-electron chi connectivity index (χ1n) is 10.5. The van der Waals surface area contributed by atoms with Gasteiger partial charge in [0.05, 0.1) is 0 Å². The summed E-state index contributed by atoms with van der Waals surface area (Å²) in [6, 6.07) is 6.66. The largest absolute Gasteiger partial charge is 0.342 e. The Bertz CT molecular complexity index is 669. The molecule has 0 aromatic heterocycles. The number of carbonyl (C=O) groups excluding carboxylic acids is 2. The van der Waals surface area contributed by atoms with Crippen molar-refractivity contribution in [2.45, 2.75) is 39.7 Å². The molecular formula is C22H32FN3O2. The third-order valence-electron chi connectivity index (χ3n) is 5.87. The number of amides is 2. The highest BCUT2D eigenvalue weighted by atomic mass is 19.1. The van der Waals surface area contributed by atoms with Gasteiger partial charge in [-0.2, -0.15) is 0 Å². The van der Waals surface area contributed by atoms with Crippen LogP contribution in [0.25, 0.3) is 0 Å². The molecule has 2 heterocycles. The summed E-state index contributed by atoms with van der Waals surface area (Å²) in [5.74, 6) is 0.291. The van der Waals surface area contributed by atoms with Crippen molar-refractivity contribution in [1.29, 1.82) is 0 Å². The van der Waals surface area contributed by atoms with Crippen LogP contribution in [0.2, 0.25) is 0 Å². The van der Waals surface area contributed by atoms with Gasteiger partial charge in [-0.05, 0) is 37.0 Å². The molecule has 0 saturated carbocycles. The average molecular weight is 390 g/mol. The van der Waals surface area contributed by atoms with Gasteiger partial charge in [-0.3, -0.25) is 14.5 Å². The Hall–Kier alpha value is -1.95. The summed E-state index contributed by atoms with van der Waals surface area (Å²) in [5, 5.41) is 0. The summed E-state index contributed by atoms with van der Waals surface area (Å²) in [5.41, 5.74) is 1.10. The molecule has 0 aliphatic carbocycles. The molecule has 2 saturated heterocycles. The van der Waals surface area contributed by atoms with Gasteiger partial charge in [-0.25, -0.2) is 4.39 Å². The number of hydrogen-bond donors (Lipinski definition) is 0. The normalized spacial score (nSPS) is 19.7. The standard InChI is InChI=1S/C22H32FN3O2/c1-17(2)21(27)26-12-8-19(9-13-26)22(28)25-11-3-10-24(14-15-25)16-18-4-6-20(23)7-5-18/h4-7,17,19H,3,8-16H2,1-2H3. The molecule has 5 nitrogen and oxygen atoms in total. The maximum absolute atomic E-state index is 13.1. The molecule has 2 fully saturated rings. The van der Waals surface area contributed by atoms with Crippen molar-refractivity contribution >= 4 is 11.8 Å². The summed E-state index contributed by atoms with van der Waals surface area (Å²) in [6.45, 7) is 9.35. The van der Waals surface area contributed by atoms with Crippen molar-refractivity contribution in [3.8, 4) is 0 Å². The smallest absolute Gasteiger partial charge is 0.225 e. The fourth-order valence-electron chi connectivity index (χ4n) is 4.17. The van der Waals surface area contributed by atoms with Gasteiger partial charge in [0.1, 0.15) is 5.82 Å². The number of nitrogens with zero attached hydrogens (tertiary/aromatic N) is 3. The van der Waals surface area contributed by atoms with E-state index in [2.05, 4.69) is 4.90 Å². The van der Waals surface area contributed by atoms with E-state index in [4.69, 9.17) is 0 Å². The minimum Gasteiger partial charge on any atom is -0.342 e. The van der Waals surface area contributed by atoms with Crippen LogP contribution in [0.3, 0.4) is 0 Å². The molecule has 0 unspecified atom stereocenters. The molecule has 0 radical (unpaired) electrons. The van der Waals surface area contributed by atoms with Crippen LogP contribution in [0.5, 0.6) is 0 Å². The van der Waals surface area contributed by atoms with E-state index >= 15 is 0 Å². The Morgan fingerprint density at radius 3 is 2.29 bits per heavy atom. The number of piperidine rings is 1. The molecule has 28 heavy (non-hydrogen) atoms. The van der Waals surface area contributed by atoms with Gasteiger partial charge in [0.15, 0.2) is 0 Å². The van der Waals surface area contributed by atoms with Gasteiger partial charge in [0.2, 0.25) is 11.8 Å². The Morgan fingerprint density at radius 1 is 0.964 bits per heavy atom. The minimum absolute atomic E-state index is 0.0185. The van der Waals surface area contributed by atoms with Gasteiger partial charge in [0.25, 0.3) is 0 Å². The predicted molar refractivity (Wildman–Crippen MR) is 107 cm³/mol. The number of likely N-dealkylation sites (tertiary alicyclic amines) is 1. The van der Waals surface area contributed by atoms with Gasteiger partial charge >= 0.3 is 0 Å². The molecule has 0 N–H and O–H groups in total. The van der Waals surface area contributed by atoms with Crippen molar-refractivity contribution in [1.82, 2.24) is 14.7 Å². The minimum atomic E-state index is -0.211. The van der Waals surface area contributed by atoms with Crippen molar-refractivity contribution < 1.29 is 14.0 Å². The van der Waals surface area contributed by atoms with E-state index in [9.17, 15) is 14.0 Å². The van der Waals surface area contributed by atoms with E-state index in [1.807, 2.05) is 35.8 Å². The zero-order valence-electron chi connectivity index (χ0n) is 17.1. The zero-order chi connectivity index (χ0) is 20.1. The monoisotopic (exact) mass is 389 g/mol. The van der Waals surface area contributed by atoms with Crippen LogP contribution >= 0.6 is 0 Å². The van der Waals surface area contributed by atoms with Gasteiger partial charge < -0.3 is 9.80 Å². The highest BCUT2D eigenvalue weighted by molar-refractivity contribution is 5.81. The van der Waals surface area contributed by atoms with Crippen LogP contribution in [-0.2, 0) is 16.1 Å². The Morgan fingerprint density at radius 2 is 1.64 bits per heavy atom. The molecule has 154 valence electrons. The quantitative estimate of drug-likeness (QED) is 0.795. The van der Waals surface area contributed by atoms with E-state index in [-0.39, 0.29) is 29.5 Å². The van der Waals surface area contributed by atoms with Gasteiger partial charge in [-0.1, -0.05) is 26.0 Å². The number of benzene rings is 1. The first kappa shape index (κ1) is 20.8. The molecular weight excluding hydrogens is 357 g/mol. The van der Waals surface area contributed by atoms with E-state index < -0.39 is 0 Å². The maximum atomic E-state index is 13.1. The molecule has 2 aliphatic heterocycles. The lowest BCUT2D eigenvalue weighted by molar-refractivity contribution is -0.142. The van der Waals surface area contributed by atoms with Gasteiger partial charge in [-0.15, -0.1) is 0 Å². The second-order valence-corrected chi connectivity index (χ2v) is 8.34. The predicted octanol–water partition coefficient (Wildman–Crippen LogP) is 2.75. The van der Waals surface area contributed by atoms with Crippen molar-refractivity contribution in [2.75, 3.05) is 39.3 Å². The lowest BCUT2D eigenvalue weighted by atomic mass is 9.94. The lowest BCUT2D eigenvalue weighted by Crippen LogP contribution is -2.46. The fourth-order valence-corrected chi connectivity index (χ4v) is 4.17. The number of rotatable bonds is 4. The molecule has 1 aromatic rings. The second kappa shape index (κ2) is 9.50. The van der Waals surface area contributed by atoms with Crippen LogP contribution in [0, 0.1) is 17.7 Å². The molecule has 3 rings (SSSR count). The highest BCUT2D eigenvalue weighted by Crippen LogP contribution is 2.22. The van der Waals surface area contributed by atoms with E-state index in [0.717, 1.165) is 57.5 Å². The number of carbonyl (C=O) groups is 2. The Labute approximate surface area is 167 Å². The van der Waals surface area contributed by atoms with Crippen molar-refractivity contribution in [3.63, 3.8) is 0 Å². The molecule has 2 aliphatic rings. The van der Waals surface area contributed by atoms with E-state index in [0.29, 0.717) is 13.1 Å². The topological polar surface area (TPSA) is 43.9 Å². The van der Waals surface area contributed by atoms with Crippen LogP contribution in [0.15, 0.2) is 24.3 Å². The third-order valence-corrected chi connectivity index (χ3v) is 5.87. The summed E-state index contributed by atoms with van der Waals surface area (Å²) in [4.78, 5) is 31.4. The molecule has 0 bridgehead atoms. The van der Waals surface area contributed by atoms with Gasteiger partial charge in [0, 0.05) is 57.6 Å². The second-order valence-electron chi connectivity index (χ2n) is 8.34. The first-order valence-corrected chi connectivity index (χ1v) is 10.5. The van der Waals surface area contributed by atoms with Crippen LogP contribution < -0.4 is 0 Å².